The first-order valence-electron chi connectivity index (χ1n) is 8.57. The van der Waals surface area contributed by atoms with E-state index in [4.69, 9.17) is 9.47 Å². The lowest BCUT2D eigenvalue weighted by Crippen LogP contribution is -2.18. The second-order valence-corrected chi connectivity index (χ2v) is 6.27. The van der Waals surface area contributed by atoms with Crippen LogP contribution in [-0.4, -0.2) is 30.3 Å². The minimum atomic E-state index is -0.301. The number of amides is 1. The van der Waals surface area contributed by atoms with Crippen molar-refractivity contribution in [3.63, 3.8) is 0 Å². The van der Waals surface area contributed by atoms with E-state index in [1.807, 2.05) is 42.5 Å². The van der Waals surface area contributed by atoms with Crippen LogP contribution in [-0.2, 0) is 4.74 Å². The highest BCUT2D eigenvalue weighted by atomic mass is 16.5. The fourth-order valence-corrected chi connectivity index (χ4v) is 3.07. The van der Waals surface area contributed by atoms with Crippen LogP contribution < -0.4 is 10.1 Å². The van der Waals surface area contributed by atoms with Gasteiger partial charge in [-0.05, 0) is 29.7 Å². The van der Waals surface area contributed by atoms with Crippen molar-refractivity contribution in [3.05, 3.63) is 66.2 Å². The summed E-state index contributed by atoms with van der Waals surface area (Å²) in [7, 11) is 0. The van der Waals surface area contributed by atoms with Crippen LogP contribution in [0, 0.1) is 0 Å². The Labute approximate surface area is 151 Å². The molecule has 1 atom stereocenters. The molecule has 0 radical (unpaired) electrons. The third kappa shape index (κ3) is 3.34. The minimum absolute atomic E-state index is 0.00207. The molecular formula is C21H19NO4. The molecule has 1 saturated heterocycles. The Bertz CT molecular complexity index is 948. The van der Waals surface area contributed by atoms with Gasteiger partial charge in [-0.15, -0.1) is 0 Å². The number of rotatable bonds is 4. The number of para-hydroxylation sites is 2. The van der Waals surface area contributed by atoms with Crippen molar-refractivity contribution in [1.29, 1.82) is 0 Å². The highest BCUT2D eigenvalue weighted by Gasteiger charge is 2.19. The number of carbonyl (C=O) groups excluding carboxylic acids is 1. The number of hydrogen-bond acceptors (Lipinski definition) is 4. The maximum atomic E-state index is 12.7. The minimum Gasteiger partial charge on any atom is -0.507 e. The monoisotopic (exact) mass is 349 g/mol. The molecule has 3 aromatic rings. The topological polar surface area (TPSA) is 67.8 Å². The van der Waals surface area contributed by atoms with Gasteiger partial charge in [0.05, 0.1) is 18.9 Å². The summed E-state index contributed by atoms with van der Waals surface area (Å²) in [6, 6.07) is 18.0. The number of phenols is 1. The Balaban J connectivity index is 1.58. The zero-order valence-electron chi connectivity index (χ0n) is 14.1. The number of anilines is 1. The van der Waals surface area contributed by atoms with Gasteiger partial charge in [0.25, 0.3) is 5.91 Å². The summed E-state index contributed by atoms with van der Waals surface area (Å²) < 4.78 is 11.3. The third-order valence-corrected chi connectivity index (χ3v) is 4.42. The molecule has 26 heavy (non-hydrogen) atoms. The molecule has 0 saturated carbocycles. The van der Waals surface area contributed by atoms with Gasteiger partial charge < -0.3 is 19.9 Å². The van der Waals surface area contributed by atoms with Crippen molar-refractivity contribution in [2.24, 2.45) is 0 Å². The normalized spacial score (nSPS) is 16.5. The molecule has 4 rings (SSSR count). The lowest BCUT2D eigenvalue weighted by molar-refractivity contribution is 0.102. The average Bonchev–Trinajstić information content (AvgIpc) is 3.16. The van der Waals surface area contributed by atoms with Gasteiger partial charge >= 0.3 is 0 Å². The van der Waals surface area contributed by atoms with Crippen LogP contribution in [0.1, 0.15) is 16.8 Å². The van der Waals surface area contributed by atoms with E-state index in [2.05, 4.69) is 5.32 Å². The van der Waals surface area contributed by atoms with Gasteiger partial charge in [-0.25, -0.2) is 0 Å². The van der Waals surface area contributed by atoms with Crippen molar-refractivity contribution in [2.45, 2.75) is 12.5 Å². The Morgan fingerprint density at radius 3 is 2.77 bits per heavy atom. The van der Waals surface area contributed by atoms with E-state index in [0.29, 0.717) is 35.6 Å². The van der Waals surface area contributed by atoms with Crippen LogP contribution in [0.3, 0.4) is 0 Å². The molecule has 5 nitrogen and oxygen atoms in total. The van der Waals surface area contributed by atoms with Crippen LogP contribution in [0.4, 0.5) is 5.69 Å². The number of hydrogen-bond donors (Lipinski definition) is 2. The van der Waals surface area contributed by atoms with E-state index in [1.165, 1.54) is 6.07 Å². The van der Waals surface area contributed by atoms with Gasteiger partial charge in [-0.1, -0.05) is 36.4 Å². The molecule has 132 valence electrons. The lowest BCUT2D eigenvalue weighted by atomic mass is 10.1. The molecule has 5 heteroatoms. The number of nitrogens with one attached hydrogen (secondary N) is 1. The number of benzene rings is 3. The van der Waals surface area contributed by atoms with Crippen molar-refractivity contribution in [1.82, 2.24) is 0 Å². The molecule has 1 amide bonds. The van der Waals surface area contributed by atoms with Crippen LogP contribution in [0.25, 0.3) is 10.8 Å². The van der Waals surface area contributed by atoms with Gasteiger partial charge in [0.15, 0.2) is 0 Å². The van der Waals surface area contributed by atoms with Gasteiger partial charge in [-0.3, -0.25) is 4.79 Å². The number of phenolic OH excluding ortho intramolecular Hbond substituents is 1. The molecule has 1 fully saturated rings. The fourth-order valence-electron chi connectivity index (χ4n) is 3.07. The average molecular weight is 349 g/mol. The molecule has 1 aliphatic heterocycles. The fraction of sp³-hybridized carbons (Fsp3) is 0.190. The van der Waals surface area contributed by atoms with Gasteiger partial charge in [0, 0.05) is 17.4 Å². The Morgan fingerprint density at radius 2 is 1.92 bits per heavy atom. The zero-order valence-corrected chi connectivity index (χ0v) is 14.1. The van der Waals surface area contributed by atoms with E-state index in [-0.39, 0.29) is 17.8 Å². The van der Waals surface area contributed by atoms with Crippen molar-refractivity contribution < 1.29 is 19.4 Å². The smallest absolute Gasteiger partial charge is 0.255 e. The summed E-state index contributed by atoms with van der Waals surface area (Å²) in [5.41, 5.74) is 0.984. The highest BCUT2D eigenvalue weighted by molar-refractivity contribution is 6.08. The van der Waals surface area contributed by atoms with Crippen LogP contribution in [0.2, 0.25) is 0 Å². The van der Waals surface area contributed by atoms with E-state index >= 15 is 0 Å². The summed E-state index contributed by atoms with van der Waals surface area (Å²) in [5, 5.41) is 14.6. The quantitative estimate of drug-likeness (QED) is 0.748. The highest BCUT2D eigenvalue weighted by Crippen LogP contribution is 2.29. The maximum Gasteiger partial charge on any atom is 0.255 e. The number of fused-ring (bicyclic) bond motifs is 1. The van der Waals surface area contributed by atoms with Crippen molar-refractivity contribution in [3.8, 4) is 11.5 Å². The summed E-state index contributed by atoms with van der Waals surface area (Å²) in [6.07, 6.45) is 0.832. The first-order chi connectivity index (χ1) is 12.7. The summed E-state index contributed by atoms with van der Waals surface area (Å²) in [4.78, 5) is 12.7. The Hall–Kier alpha value is -3.05. The summed E-state index contributed by atoms with van der Waals surface area (Å²) in [6.45, 7) is 1.25. The second kappa shape index (κ2) is 7.06. The molecule has 0 aliphatic carbocycles. The van der Waals surface area contributed by atoms with Crippen LogP contribution >= 0.6 is 0 Å². The van der Waals surface area contributed by atoms with Gasteiger partial charge in [0.1, 0.15) is 17.6 Å². The standard InChI is InChI=1S/C21H19NO4/c23-19-12-15(11-14-5-1-2-6-17(14)19)21(24)22-18-7-3-4-8-20(18)26-16-9-10-25-13-16/h1-8,11-12,16,23H,9-10,13H2,(H,22,24). The Morgan fingerprint density at radius 1 is 1.12 bits per heavy atom. The van der Waals surface area contributed by atoms with E-state index in [1.54, 1.807) is 12.1 Å². The summed E-state index contributed by atoms with van der Waals surface area (Å²) in [5.74, 6) is 0.395. The predicted octanol–water partition coefficient (Wildman–Crippen LogP) is 3.97. The summed E-state index contributed by atoms with van der Waals surface area (Å²) >= 11 is 0. The lowest BCUT2D eigenvalue weighted by Gasteiger charge is -2.16. The third-order valence-electron chi connectivity index (χ3n) is 4.42. The van der Waals surface area contributed by atoms with Gasteiger partial charge in [0.2, 0.25) is 0 Å². The number of aromatic hydroxyl groups is 1. The number of ether oxygens (including phenoxy) is 2. The maximum absolute atomic E-state index is 12.7. The predicted molar refractivity (Wildman–Crippen MR) is 99.9 cm³/mol. The molecule has 1 heterocycles. The molecule has 1 aliphatic rings. The largest absolute Gasteiger partial charge is 0.507 e. The van der Waals surface area contributed by atoms with Crippen LogP contribution in [0.15, 0.2) is 60.7 Å². The Kier molecular flexibility index (Phi) is 4.46. The van der Waals surface area contributed by atoms with E-state index < -0.39 is 0 Å². The number of carbonyl (C=O) groups is 1. The molecule has 0 aromatic heterocycles. The molecule has 0 bridgehead atoms. The molecule has 0 spiro atoms. The van der Waals surface area contributed by atoms with E-state index in [0.717, 1.165) is 11.8 Å². The van der Waals surface area contributed by atoms with E-state index in [9.17, 15) is 9.90 Å². The first kappa shape index (κ1) is 16.4. The van der Waals surface area contributed by atoms with Crippen molar-refractivity contribution in [2.75, 3.05) is 18.5 Å². The molecular weight excluding hydrogens is 330 g/mol. The SMILES string of the molecule is O=C(Nc1ccccc1OC1CCOC1)c1cc(O)c2ccccc2c1. The second-order valence-electron chi connectivity index (χ2n) is 6.27. The molecule has 3 aromatic carbocycles. The first-order valence-corrected chi connectivity index (χ1v) is 8.57. The zero-order chi connectivity index (χ0) is 17.9. The van der Waals surface area contributed by atoms with Gasteiger partial charge in [-0.2, -0.15) is 0 Å². The van der Waals surface area contributed by atoms with Crippen molar-refractivity contribution >= 4 is 22.4 Å². The van der Waals surface area contributed by atoms with Crippen LogP contribution in [0.5, 0.6) is 11.5 Å². The molecule has 2 N–H and O–H groups in total. The molecule has 1 unspecified atom stereocenters.